The fourth-order valence-corrected chi connectivity index (χ4v) is 1.83. The maximum Gasteiger partial charge on any atom is 0.168 e. The normalized spacial score (nSPS) is 15.0. The summed E-state index contributed by atoms with van der Waals surface area (Å²) in [5.41, 5.74) is 0.708. The molecule has 2 aromatic rings. The van der Waals surface area contributed by atoms with E-state index in [0.717, 1.165) is 11.9 Å². The molecule has 1 aromatic carbocycles. The molecule has 1 fully saturated rings. The fourth-order valence-electron chi connectivity index (χ4n) is 1.83. The van der Waals surface area contributed by atoms with Crippen LogP contribution in [0.5, 0.6) is 0 Å². The minimum absolute atomic E-state index is 0.208. The van der Waals surface area contributed by atoms with Crippen LogP contribution >= 0.6 is 0 Å². The molecule has 5 heteroatoms. The topological polar surface area (TPSA) is 40.7 Å². The van der Waals surface area contributed by atoms with Gasteiger partial charge in [-0.1, -0.05) is 6.07 Å². The van der Waals surface area contributed by atoms with Crippen LogP contribution in [0.2, 0.25) is 0 Å². The van der Waals surface area contributed by atoms with E-state index < -0.39 is 11.6 Å². The number of rotatable bonds is 4. The molecule has 1 aliphatic carbocycles. The Morgan fingerprint density at radius 3 is 2.94 bits per heavy atom. The molecule has 94 valence electrons. The smallest absolute Gasteiger partial charge is 0.168 e. The molecule has 1 saturated carbocycles. The van der Waals surface area contributed by atoms with E-state index in [-0.39, 0.29) is 5.56 Å². The van der Waals surface area contributed by atoms with E-state index in [9.17, 15) is 8.78 Å². The van der Waals surface area contributed by atoms with E-state index in [0.29, 0.717) is 18.3 Å². The van der Waals surface area contributed by atoms with E-state index >= 15 is 0 Å². The highest BCUT2D eigenvalue weighted by Gasteiger charge is 2.20. The van der Waals surface area contributed by atoms with Crippen molar-refractivity contribution in [2.45, 2.75) is 25.4 Å². The van der Waals surface area contributed by atoms with Gasteiger partial charge in [-0.25, -0.2) is 13.8 Å². The second-order valence-electron chi connectivity index (χ2n) is 4.50. The lowest BCUT2D eigenvalue weighted by Gasteiger charge is -2.01. The average molecular weight is 249 g/mol. The molecule has 18 heavy (non-hydrogen) atoms. The summed E-state index contributed by atoms with van der Waals surface area (Å²) in [5.74, 6) is -0.955. The number of hydrogen-bond donors (Lipinski definition) is 2. The molecule has 1 aromatic heterocycles. The summed E-state index contributed by atoms with van der Waals surface area (Å²) in [7, 11) is 0. The summed E-state index contributed by atoms with van der Waals surface area (Å²) >= 11 is 0. The maximum absolute atomic E-state index is 13.6. The highest BCUT2D eigenvalue weighted by atomic mass is 19.2. The first-order valence-electron chi connectivity index (χ1n) is 5.95. The highest BCUT2D eigenvalue weighted by Crippen LogP contribution is 2.23. The second kappa shape index (κ2) is 4.49. The third kappa shape index (κ3) is 2.26. The van der Waals surface area contributed by atoms with Gasteiger partial charge in [-0.3, -0.25) is 0 Å². The van der Waals surface area contributed by atoms with Crippen LogP contribution in [0.25, 0.3) is 11.3 Å². The molecule has 0 spiro atoms. The van der Waals surface area contributed by atoms with Gasteiger partial charge in [-0.2, -0.15) is 0 Å². The zero-order valence-corrected chi connectivity index (χ0v) is 9.71. The Hall–Kier alpha value is -1.75. The fraction of sp³-hybridized carbons (Fsp3) is 0.308. The first kappa shape index (κ1) is 11.3. The number of aromatic nitrogens is 2. The summed E-state index contributed by atoms with van der Waals surface area (Å²) in [6.07, 6.45) is 3.93. The van der Waals surface area contributed by atoms with Gasteiger partial charge >= 0.3 is 0 Å². The van der Waals surface area contributed by atoms with E-state index in [1.54, 1.807) is 0 Å². The molecule has 3 nitrogen and oxygen atoms in total. The molecular formula is C13H13F2N3. The molecule has 1 aliphatic rings. The van der Waals surface area contributed by atoms with Crippen LogP contribution in [0.4, 0.5) is 8.78 Å². The van der Waals surface area contributed by atoms with Gasteiger partial charge in [0, 0.05) is 11.6 Å². The van der Waals surface area contributed by atoms with E-state index in [4.69, 9.17) is 0 Å². The third-order valence-electron chi connectivity index (χ3n) is 3.01. The maximum atomic E-state index is 13.6. The van der Waals surface area contributed by atoms with Crippen LogP contribution in [-0.2, 0) is 6.54 Å². The zero-order chi connectivity index (χ0) is 12.5. The minimum Gasteiger partial charge on any atom is -0.341 e. The summed E-state index contributed by atoms with van der Waals surface area (Å²) in [6.45, 7) is 0.627. The Morgan fingerprint density at radius 1 is 1.33 bits per heavy atom. The number of halogens is 2. The van der Waals surface area contributed by atoms with Crippen LogP contribution in [0.15, 0.2) is 24.4 Å². The van der Waals surface area contributed by atoms with Crippen LogP contribution in [0, 0.1) is 11.6 Å². The molecule has 0 saturated heterocycles. The standard InChI is InChI=1S/C13H13F2N3/c14-10-3-1-2-9(13(10)15)11-6-17-12(18-11)7-16-8-4-5-8/h1-3,6,8,16H,4-5,7H2,(H,17,18). The predicted molar refractivity (Wildman–Crippen MR) is 63.8 cm³/mol. The van der Waals surface area contributed by atoms with Crippen molar-refractivity contribution >= 4 is 0 Å². The highest BCUT2D eigenvalue weighted by molar-refractivity contribution is 5.59. The van der Waals surface area contributed by atoms with E-state index in [2.05, 4.69) is 15.3 Å². The van der Waals surface area contributed by atoms with Crippen molar-refractivity contribution in [1.29, 1.82) is 0 Å². The van der Waals surface area contributed by atoms with E-state index in [1.807, 2.05) is 0 Å². The van der Waals surface area contributed by atoms with Gasteiger partial charge in [0.15, 0.2) is 11.6 Å². The second-order valence-corrected chi connectivity index (χ2v) is 4.50. The van der Waals surface area contributed by atoms with Crippen LogP contribution < -0.4 is 5.32 Å². The summed E-state index contributed by atoms with van der Waals surface area (Å²) < 4.78 is 26.7. The van der Waals surface area contributed by atoms with Gasteiger partial charge < -0.3 is 10.3 Å². The molecule has 0 aliphatic heterocycles. The average Bonchev–Trinajstić information content (AvgIpc) is 3.08. The van der Waals surface area contributed by atoms with Crippen molar-refractivity contribution in [2.24, 2.45) is 0 Å². The lowest BCUT2D eigenvalue weighted by molar-refractivity contribution is 0.511. The molecule has 2 N–H and O–H groups in total. The van der Waals surface area contributed by atoms with Crippen LogP contribution in [-0.4, -0.2) is 16.0 Å². The predicted octanol–water partition coefficient (Wildman–Crippen LogP) is 2.61. The minimum atomic E-state index is -0.847. The van der Waals surface area contributed by atoms with Crippen molar-refractivity contribution in [3.8, 4) is 11.3 Å². The van der Waals surface area contributed by atoms with Gasteiger partial charge in [-0.15, -0.1) is 0 Å². The lowest BCUT2D eigenvalue weighted by atomic mass is 10.1. The molecular weight excluding hydrogens is 236 g/mol. The van der Waals surface area contributed by atoms with Crippen molar-refractivity contribution in [3.63, 3.8) is 0 Å². The Bertz CT molecular complexity index is 561. The zero-order valence-electron chi connectivity index (χ0n) is 9.71. The number of imidazole rings is 1. The summed E-state index contributed by atoms with van der Waals surface area (Å²) in [4.78, 5) is 7.16. The number of aromatic amines is 1. The van der Waals surface area contributed by atoms with Crippen molar-refractivity contribution < 1.29 is 8.78 Å². The first-order valence-corrected chi connectivity index (χ1v) is 5.95. The number of benzene rings is 1. The van der Waals surface area contributed by atoms with Gasteiger partial charge in [0.1, 0.15) is 5.82 Å². The van der Waals surface area contributed by atoms with Crippen molar-refractivity contribution in [3.05, 3.63) is 41.9 Å². The molecule has 0 radical (unpaired) electrons. The molecule has 0 amide bonds. The third-order valence-corrected chi connectivity index (χ3v) is 3.01. The van der Waals surface area contributed by atoms with Crippen molar-refractivity contribution in [2.75, 3.05) is 0 Å². The quantitative estimate of drug-likeness (QED) is 0.874. The van der Waals surface area contributed by atoms with Crippen molar-refractivity contribution in [1.82, 2.24) is 15.3 Å². The Labute approximate surface area is 103 Å². The summed E-state index contributed by atoms with van der Waals surface area (Å²) in [6, 6.07) is 4.70. The molecule has 0 atom stereocenters. The molecule has 0 unspecified atom stereocenters. The number of H-pyrrole nitrogens is 1. The molecule has 1 heterocycles. The van der Waals surface area contributed by atoms with Gasteiger partial charge in [0.05, 0.1) is 18.4 Å². The number of hydrogen-bond acceptors (Lipinski definition) is 2. The monoisotopic (exact) mass is 249 g/mol. The van der Waals surface area contributed by atoms with Crippen LogP contribution in [0.3, 0.4) is 0 Å². The van der Waals surface area contributed by atoms with Gasteiger partial charge in [0.2, 0.25) is 0 Å². The molecule has 3 rings (SSSR count). The molecule has 0 bridgehead atoms. The van der Waals surface area contributed by atoms with Crippen LogP contribution in [0.1, 0.15) is 18.7 Å². The number of nitrogens with one attached hydrogen (secondary N) is 2. The Balaban J connectivity index is 1.80. The Morgan fingerprint density at radius 2 is 2.17 bits per heavy atom. The van der Waals surface area contributed by atoms with Gasteiger partial charge in [0.25, 0.3) is 0 Å². The number of nitrogens with zero attached hydrogens (tertiary/aromatic N) is 1. The van der Waals surface area contributed by atoms with E-state index in [1.165, 1.54) is 31.2 Å². The summed E-state index contributed by atoms with van der Waals surface area (Å²) in [5, 5.41) is 3.30. The SMILES string of the molecule is Fc1cccc(-c2cnc(CNC3CC3)[nH]2)c1F. The Kier molecular flexibility index (Phi) is 2.83. The van der Waals surface area contributed by atoms with Gasteiger partial charge in [-0.05, 0) is 25.0 Å². The lowest BCUT2D eigenvalue weighted by Crippen LogP contribution is -2.16. The largest absolute Gasteiger partial charge is 0.341 e. The first-order chi connectivity index (χ1) is 8.74.